The van der Waals surface area contributed by atoms with Crippen LogP contribution in [0.3, 0.4) is 0 Å². The molecule has 6 rings (SSSR count). The molecular weight excluding hydrogens is 466 g/mol. The van der Waals surface area contributed by atoms with Crippen molar-refractivity contribution in [2.45, 2.75) is 51.5 Å². The van der Waals surface area contributed by atoms with Crippen LogP contribution < -0.4 is 0 Å². The second-order valence-electron chi connectivity index (χ2n) is 11.0. The van der Waals surface area contributed by atoms with Crippen molar-refractivity contribution in [1.29, 1.82) is 0 Å². The van der Waals surface area contributed by atoms with E-state index in [2.05, 4.69) is 40.9 Å². The third-order valence-electron chi connectivity index (χ3n) is 8.67. The number of hydrogen-bond donors (Lipinski definition) is 0. The predicted octanol–water partition coefficient (Wildman–Crippen LogP) is 5.54. The monoisotopic (exact) mass is 499 g/mol. The first-order valence-electron chi connectivity index (χ1n) is 13.5. The van der Waals surface area contributed by atoms with Crippen LogP contribution in [0.15, 0.2) is 47.6 Å². The Hall–Kier alpha value is -3.32. The van der Waals surface area contributed by atoms with Gasteiger partial charge in [0.25, 0.3) is 0 Å². The Kier molecular flexibility index (Phi) is 6.41. The fourth-order valence-corrected chi connectivity index (χ4v) is 6.69. The Morgan fingerprint density at radius 2 is 1.76 bits per heavy atom. The molecule has 0 bridgehead atoms. The summed E-state index contributed by atoms with van der Waals surface area (Å²) in [5.74, 6) is 0.316. The van der Waals surface area contributed by atoms with Gasteiger partial charge in [-0.2, -0.15) is 0 Å². The highest BCUT2D eigenvalue weighted by atomic mass is 16.5. The van der Waals surface area contributed by atoms with Crippen LogP contribution in [0.2, 0.25) is 0 Å². The average Bonchev–Trinajstić information content (AvgIpc) is 3.15. The zero-order chi connectivity index (χ0) is 25.5. The van der Waals surface area contributed by atoms with Gasteiger partial charge in [-0.05, 0) is 54.4 Å². The van der Waals surface area contributed by atoms with Crippen molar-refractivity contribution in [3.8, 4) is 11.3 Å². The van der Waals surface area contributed by atoms with Gasteiger partial charge in [-0.25, -0.2) is 0 Å². The summed E-state index contributed by atoms with van der Waals surface area (Å²) in [7, 11) is 0. The van der Waals surface area contributed by atoms with E-state index in [1.165, 1.54) is 35.2 Å². The van der Waals surface area contributed by atoms with E-state index in [-0.39, 0.29) is 11.8 Å². The second-order valence-corrected chi connectivity index (χ2v) is 11.0. The molecule has 0 spiro atoms. The lowest BCUT2D eigenvalue weighted by atomic mass is 9.77. The minimum atomic E-state index is -0.763. The Labute approximate surface area is 216 Å². The summed E-state index contributed by atoms with van der Waals surface area (Å²) < 4.78 is 7.75. The van der Waals surface area contributed by atoms with Crippen LogP contribution in [0.5, 0.6) is 0 Å². The van der Waals surface area contributed by atoms with Crippen LogP contribution in [0.25, 0.3) is 22.2 Å². The molecule has 0 N–H and O–H groups in total. The molecule has 192 valence electrons. The van der Waals surface area contributed by atoms with Gasteiger partial charge in [0.05, 0.1) is 24.8 Å². The van der Waals surface area contributed by atoms with Gasteiger partial charge in [-0.1, -0.05) is 50.1 Å². The summed E-state index contributed by atoms with van der Waals surface area (Å²) in [4.78, 5) is 39.0. The maximum absolute atomic E-state index is 13.8. The van der Waals surface area contributed by atoms with Gasteiger partial charge in [0, 0.05) is 46.8 Å². The van der Waals surface area contributed by atoms with E-state index >= 15 is 0 Å². The van der Waals surface area contributed by atoms with Crippen molar-refractivity contribution in [3.05, 3.63) is 64.1 Å². The molecule has 1 saturated heterocycles. The number of morpholine rings is 1. The molecule has 1 aromatic heterocycles. The van der Waals surface area contributed by atoms with E-state index in [0.29, 0.717) is 50.8 Å². The summed E-state index contributed by atoms with van der Waals surface area (Å²) in [5, 5.41) is 3.79. The van der Waals surface area contributed by atoms with Gasteiger partial charge in [0.15, 0.2) is 0 Å². The number of amides is 2. The van der Waals surface area contributed by atoms with E-state index in [0.717, 1.165) is 29.7 Å². The highest BCUT2D eigenvalue weighted by molar-refractivity contribution is 6.01. The van der Waals surface area contributed by atoms with E-state index in [9.17, 15) is 14.5 Å². The maximum atomic E-state index is 13.8. The lowest BCUT2D eigenvalue weighted by Gasteiger charge is -2.30. The van der Waals surface area contributed by atoms with Crippen LogP contribution in [-0.4, -0.2) is 47.6 Å². The van der Waals surface area contributed by atoms with Crippen molar-refractivity contribution in [1.82, 2.24) is 9.47 Å². The molecule has 37 heavy (non-hydrogen) atoms. The third-order valence-corrected chi connectivity index (χ3v) is 8.67. The highest BCUT2D eigenvalue weighted by Gasteiger charge is 2.35. The first-order valence-corrected chi connectivity index (χ1v) is 13.5. The second kappa shape index (κ2) is 9.86. The smallest absolute Gasteiger partial charge is 0.316 e. The number of fused-ring (bicyclic) bond motifs is 5. The number of ether oxygens (including phenoxy) is 1. The molecular formula is C30H33N3O4. The molecule has 1 unspecified atom stereocenters. The van der Waals surface area contributed by atoms with Gasteiger partial charge < -0.3 is 14.2 Å². The first kappa shape index (κ1) is 24.0. The van der Waals surface area contributed by atoms with E-state index in [1.807, 2.05) is 17.0 Å². The fourth-order valence-electron chi connectivity index (χ4n) is 6.69. The normalized spacial score (nSPS) is 23.7. The van der Waals surface area contributed by atoms with Crippen molar-refractivity contribution in [3.63, 3.8) is 0 Å². The molecule has 1 atom stereocenters. The van der Waals surface area contributed by atoms with Crippen LogP contribution in [0.4, 0.5) is 0 Å². The summed E-state index contributed by atoms with van der Waals surface area (Å²) >= 11 is 0. The number of nitrogens with zero attached hydrogens (tertiary/aromatic N) is 3. The molecule has 3 heterocycles. The van der Waals surface area contributed by atoms with E-state index < -0.39 is 5.91 Å². The number of hydrogen-bond acceptors (Lipinski definition) is 4. The largest absolute Gasteiger partial charge is 0.378 e. The molecule has 3 aliphatic rings. The van der Waals surface area contributed by atoms with Crippen LogP contribution >= 0.6 is 0 Å². The summed E-state index contributed by atoms with van der Waals surface area (Å²) in [6.45, 7) is 5.24. The molecule has 2 aromatic carbocycles. The zero-order valence-electron chi connectivity index (χ0n) is 21.3. The van der Waals surface area contributed by atoms with Gasteiger partial charge in [-0.15, -0.1) is 4.91 Å². The van der Waals surface area contributed by atoms with Crippen LogP contribution in [0, 0.1) is 16.7 Å². The van der Waals surface area contributed by atoms with Gasteiger partial charge in [-0.3, -0.25) is 9.59 Å². The number of nitroso groups, excluding NO2 is 1. The topological polar surface area (TPSA) is 81.0 Å². The number of rotatable bonds is 3. The molecule has 2 aliphatic heterocycles. The highest BCUT2D eigenvalue weighted by Crippen LogP contribution is 2.47. The Morgan fingerprint density at radius 1 is 1.00 bits per heavy atom. The van der Waals surface area contributed by atoms with E-state index in [4.69, 9.17) is 4.74 Å². The summed E-state index contributed by atoms with van der Waals surface area (Å²) in [6, 6.07) is 14.0. The quantitative estimate of drug-likeness (QED) is 0.443. The molecule has 1 aliphatic carbocycles. The number of benzene rings is 2. The summed E-state index contributed by atoms with van der Waals surface area (Å²) in [5.41, 5.74) is 6.06. The lowest BCUT2D eigenvalue weighted by molar-refractivity contribution is -0.140. The Balaban J connectivity index is 1.56. The number of carbonyl (C=O) groups excluding carboxylic acids is 2. The maximum Gasteiger partial charge on any atom is 0.316 e. The van der Waals surface area contributed by atoms with Crippen LogP contribution in [0.1, 0.15) is 60.0 Å². The molecule has 2 amide bonds. The zero-order valence-corrected chi connectivity index (χ0v) is 21.3. The Morgan fingerprint density at radius 3 is 2.51 bits per heavy atom. The van der Waals surface area contributed by atoms with Crippen molar-refractivity contribution >= 4 is 22.7 Å². The average molecular weight is 500 g/mol. The fraction of sp³-hybridized carbons (Fsp3) is 0.467. The lowest BCUT2D eigenvalue weighted by Crippen LogP contribution is -2.45. The molecule has 7 heteroatoms. The summed E-state index contributed by atoms with van der Waals surface area (Å²) in [6.07, 6.45) is 5.32. The van der Waals surface area contributed by atoms with Gasteiger partial charge in [0.1, 0.15) is 0 Å². The van der Waals surface area contributed by atoms with Crippen molar-refractivity contribution in [2.24, 2.45) is 17.0 Å². The van der Waals surface area contributed by atoms with Gasteiger partial charge in [0.2, 0.25) is 5.91 Å². The molecule has 3 aromatic rings. The predicted molar refractivity (Wildman–Crippen MR) is 142 cm³/mol. The van der Waals surface area contributed by atoms with Crippen molar-refractivity contribution in [2.75, 3.05) is 26.3 Å². The van der Waals surface area contributed by atoms with Crippen LogP contribution in [-0.2, 0) is 22.5 Å². The molecule has 1 saturated carbocycles. The Bertz CT molecular complexity index is 1360. The molecule has 2 fully saturated rings. The first-order chi connectivity index (χ1) is 18.0. The molecule has 0 radical (unpaired) electrons. The number of aromatic nitrogens is 1. The van der Waals surface area contributed by atoms with E-state index in [1.54, 1.807) is 6.07 Å². The standard InChI is InChI=1S/C30H33N3O4/c1-19-6-8-20(9-7-19)27-25-11-10-22(29(34)31-36)17-26(25)33-18-23(30(35)32-12-14-37-15-13-32)16-21-4-2-3-5-24(21)28(27)33/h2-5,10-11,17,19-20,23H,6-9,12-16,18H2,1H3. The SMILES string of the molecule is CC1CCC(c2c3n(c4cc(C(=O)N=O)ccc24)CC(C(=O)N2CCOCC2)Cc2ccccc2-3)CC1. The minimum Gasteiger partial charge on any atom is -0.378 e. The number of carbonyl (C=O) groups is 2. The third kappa shape index (κ3) is 4.29. The van der Waals surface area contributed by atoms with Crippen molar-refractivity contribution < 1.29 is 14.3 Å². The van der Waals surface area contributed by atoms with Gasteiger partial charge >= 0.3 is 5.91 Å². The minimum absolute atomic E-state index is 0.155. The molecule has 7 nitrogen and oxygen atoms in total.